The molecule has 1 fully saturated rings. The zero-order chi connectivity index (χ0) is 15.9. The molecule has 3 rings (SSSR count). The molecule has 1 atom stereocenters. The van der Waals surface area contributed by atoms with Gasteiger partial charge in [0.2, 0.25) is 0 Å². The van der Waals surface area contributed by atoms with Gasteiger partial charge in [0.15, 0.2) is 0 Å². The molecular formula is C17H20FN3O. The highest BCUT2D eigenvalue weighted by molar-refractivity contribution is 5.96. The van der Waals surface area contributed by atoms with E-state index in [0.29, 0.717) is 5.56 Å². The van der Waals surface area contributed by atoms with E-state index in [0.717, 1.165) is 36.3 Å². The molecule has 22 heavy (non-hydrogen) atoms. The zero-order valence-corrected chi connectivity index (χ0v) is 13.1. The predicted molar refractivity (Wildman–Crippen MR) is 82.1 cm³/mol. The van der Waals surface area contributed by atoms with E-state index in [4.69, 9.17) is 0 Å². The Labute approximate surface area is 129 Å². The summed E-state index contributed by atoms with van der Waals surface area (Å²) in [4.78, 5) is 14.8. The van der Waals surface area contributed by atoms with Crippen LogP contribution < -0.4 is 0 Å². The highest BCUT2D eigenvalue weighted by Crippen LogP contribution is 2.34. The second kappa shape index (κ2) is 5.55. The van der Waals surface area contributed by atoms with Crippen LogP contribution in [0.4, 0.5) is 4.39 Å². The standard InChI is InChI=1S/C17H20FN3O/c1-11-16(12(2)20(3)19-11)17(22)21-10-4-5-15(21)13-6-8-14(18)9-7-13/h6-9,15H,4-5,10H2,1-3H3/t15-/m0/s1. The molecule has 5 heteroatoms. The number of carbonyl (C=O) groups is 1. The fraction of sp³-hybridized carbons (Fsp3) is 0.412. The second-order valence-corrected chi connectivity index (χ2v) is 5.88. The Morgan fingerprint density at radius 1 is 1.27 bits per heavy atom. The first-order valence-electron chi connectivity index (χ1n) is 7.55. The summed E-state index contributed by atoms with van der Waals surface area (Å²) < 4.78 is 14.9. The van der Waals surface area contributed by atoms with Gasteiger partial charge in [-0.15, -0.1) is 0 Å². The number of hydrogen-bond donors (Lipinski definition) is 0. The van der Waals surface area contributed by atoms with E-state index in [1.807, 2.05) is 25.8 Å². The number of amides is 1. The molecule has 1 aliphatic rings. The summed E-state index contributed by atoms with van der Waals surface area (Å²) in [6.45, 7) is 4.51. The fourth-order valence-electron chi connectivity index (χ4n) is 3.27. The fourth-order valence-corrected chi connectivity index (χ4v) is 3.27. The SMILES string of the molecule is Cc1nn(C)c(C)c1C(=O)N1CCC[C@H]1c1ccc(F)cc1. The Balaban J connectivity index is 1.92. The minimum Gasteiger partial charge on any atom is -0.331 e. The van der Waals surface area contributed by atoms with E-state index in [9.17, 15) is 9.18 Å². The molecule has 0 bridgehead atoms. The third-order valence-electron chi connectivity index (χ3n) is 4.49. The van der Waals surface area contributed by atoms with Gasteiger partial charge in [0.1, 0.15) is 5.82 Å². The minimum atomic E-state index is -0.251. The molecule has 0 N–H and O–H groups in total. The maximum atomic E-state index is 13.1. The Morgan fingerprint density at radius 3 is 2.55 bits per heavy atom. The molecule has 1 amide bonds. The van der Waals surface area contributed by atoms with E-state index < -0.39 is 0 Å². The topological polar surface area (TPSA) is 38.1 Å². The van der Waals surface area contributed by atoms with Crippen molar-refractivity contribution in [1.82, 2.24) is 14.7 Å². The largest absolute Gasteiger partial charge is 0.331 e. The molecule has 0 spiro atoms. The number of halogens is 1. The summed E-state index contributed by atoms with van der Waals surface area (Å²) in [5.41, 5.74) is 3.32. The van der Waals surface area contributed by atoms with E-state index in [-0.39, 0.29) is 17.8 Å². The number of aromatic nitrogens is 2. The molecule has 0 aliphatic carbocycles. The summed E-state index contributed by atoms with van der Waals surface area (Å²) in [6.07, 6.45) is 1.88. The lowest BCUT2D eigenvalue weighted by molar-refractivity contribution is 0.0734. The van der Waals surface area contributed by atoms with Crippen LogP contribution in [0.1, 0.15) is 46.2 Å². The van der Waals surface area contributed by atoms with Crippen LogP contribution in [0.3, 0.4) is 0 Å². The highest BCUT2D eigenvalue weighted by atomic mass is 19.1. The van der Waals surface area contributed by atoms with Gasteiger partial charge in [-0.05, 0) is 44.4 Å². The normalized spacial score (nSPS) is 18.0. The highest BCUT2D eigenvalue weighted by Gasteiger charge is 2.33. The summed E-state index contributed by atoms with van der Waals surface area (Å²) in [7, 11) is 1.85. The number of carbonyl (C=O) groups excluding carboxylic acids is 1. The lowest BCUT2D eigenvalue weighted by Gasteiger charge is -2.25. The number of benzene rings is 1. The lowest BCUT2D eigenvalue weighted by Crippen LogP contribution is -2.31. The molecule has 2 aromatic rings. The van der Waals surface area contributed by atoms with Gasteiger partial charge in [-0.1, -0.05) is 12.1 Å². The first kappa shape index (κ1) is 14.8. The van der Waals surface area contributed by atoms with Crippen LogP contribution in [0.2, 0.25) is 0 Å². The molecule has 116 valence electrons. The number of hydrogen-bond acceptors (Lipinski definition) is 2. The molecule has 1 aromatic heterocycles. The third-order valence-corrected chi connectivity index (χ3v) is 4.49. The molecule has 1 aromatic carbocycles. The maximum absolute atomic E-state index is 13.1. The van der Waals surface area contributed by atoms with Gasteiger partial charge >= 0.3 is 0 Å². The van der Waals surface area contributed by atoms with Crippen molar-refractivity contribution in [2.45, 2.75) is 32.7 Å². The number of rotatable bonds is 2. The molecule has 1 saturated heterocycles. The van der Waals surface area contributed by atoms with E-state index in [1.54, 1.807) is 16.8 Å². The Morgan fingerprint density at radius 2 is 1.95 bits per heavy atom. The van der Waals surface area contributed by atoms with E-state index >= 15 is 0 Å². The predicted octanol–water partition coefficient (Wildman–Crippen LogP) is 3.15. The number of likely N-dealkylation sites (tertiary alicyclic amines) is 1. The van der Waals surface area contributed by atoms with Crippen LogP contribution >= 0.6 is 0 Å². The average Bonchev–Trinajstić information content (AvgIpc) is 3.05. The van der Waals surface area contributed by atoms with Crippen LogP contribution in [0, 0.1) is 19.7 Å². The van der Waals surface area contributed by atoms with E-state index in [1.165, 1.54) is 12.1 Å². The van der Waals surface area contributed by atoms with Gasteiger partial charge in [-0.3, -0.25) is 9.48 Å². The van der Waals surface area contributed by atoms with Gasteiger partial charge < -0.3 is 4.90 Å². The van der Waals surface area contributed by atoms with Crippen LogP contribution in [0.25, 0.3) is 0 Å². The molecule has 0 radical (unpaired) electrons. The van der Waals surface area contributed by atoms with Gasteiger partial charge in [-0.2, -0.15) is 5.10 Å². The molecule has 0 unspecified atom stereocenters. The van der Waals surface area contributed by atoms with Crippen molar-refractivity contribution >= 4 is 5.91 Å². The van der Waals surface area contributed by atoms with Crippen molar-refractivity contribution < 1.29 is 9.18 Å². The summed E-state index contributed by atoms with van der Waals surface area (Å²) in [6, 6.07) is 6.48. The average molecular weight is 301 g/mol. The second-order valence-electron chi connectivity index (χ2n) is 5.88. The first-order valence-corrected chi connectivity index (χ1v) is 7.55. The van der Waals surface area contributed by atoms with Crippen molar-refractivity contribution in [2.75, 3.05) is 6.54 Å². The summed E-state index contributed by atoms with van der Waals surface area (Å²) in [5, 5.41) is 4.33. The van der Waals surface area contributed by atoms with Crippen molar-refractivity contribution in [1.29, 1.82) is 0 Å². The number of aryl methyl sites for hydroxylation is 2. The third kappa shape index (κ3) is 2.40. The lowest BCUT2D eigenvalue weighted by atomic mass is 10.0. The smallest absolute Gasteiger partial charge is 0.258 e. The summed E-state index contributed by atoms with van der Waals surface area (Å²) in [5.74, 6) is -0.228. The quantitative estimate of drug-likeness (QED) is 0.854. The molecule has 4 nitrogen and oxygen atoms in total. The van der Waals surface area contributed by atoms with Crippen molar-refractivity contribution in [2.24, 2.45) is 7.05 Å². The molecular weight excluding hydrogens is 281 g/mol. The van der Waals surface area contributed by atoms with Crippen molar-refractivity contribution in [3.05, 3.63) is 52.6 Å². The Bertz CT molecular complexity index is 705. The van der Waals surface area contributed by atoms with Crippen LogP contribution in [-0.2, 0) is 7.05 Å². The van der Waals surface area contributed by atoms with Crippen molar-refractivity contribution in [3.8, 4) is 0 Å². The first-order chi connectivity index (χ1) is 10.5. The van der Waals surface area contributed by atoms with Crippen LogP contribution in [0.15, 0.2) is 24.3 Å². The molecule has 1 aliphatic heterocycles. The Hall–Kier alpha value is -2.17. The molecule has 2 heterocycles. The monoisotopic (exact) mass is 301 g/mol. The van der Waals surface area contributed by atoms with Crippen LogP contribution in [0.5, 0.6) is 0 Å². The maximum Gasteiger partial charge on any atom is 0.258 e. The van der Waals surface area contributed by atoms with Gasteiger partial charge in [0.25, 0.3) is 5.91 Å². The van der Waals surface area contributed by atoms with Gasteiger partial charge in [-0.25, -0.2) is 4.39 Å². The van der Waals surface area contributed by atoms with Crippen LogP contribution in [-0.4, -0.2) is 27.1 Å². The minimum absolute atomic E-state index is 0.0205. The van der Waals surface area contributed by atoms with Gasteiger partial charge in [0, 0.05) is 19.3 Å². The van der Waals surface area contributed by atoms with Gasteiger partial charge in [0.05, 0.1) is 17.3 Å². The Kier molecular flexibility index (Phi) is 3.72. The van der Waals surface area contributed by atoms with E-state index in [2.05, 4.69) is 5.10 Å². The zero-order valence-electron chi connectivity index (χ0n) is 13.1. The summed E-state index contributed by atoms with van der Waals surface area (Å²) >= 11 is 0. The number of nitrogens with zero attached hydrogens (tertiary/aromatic N) is 3. The van der Waals surface area contributed by atoms with Crippen molar-refractivity contribution in [3.63, 3.8) is 0 Å². The molecule has 0 saturated carbocycles.